The molecule has 1 aliphatic rings. The van der Waals surface area contributed by atoms with Gasteiger partial charge in [-0.1, -0.05) is 60.5 Å². The van der Waals surface area contributed by atoms with Crippen molar-refractivity contribution in [2.75, 3.05) is 0 Å². The Hall–Kier alpha value is -1.77. The summed E-state index contributed by atoms with van der Waals surface area (Å²) in [6, 6.07) is 2.19. The van der Waals surface area contributed by atoms with Gasteiger partial charge in [0.15, 0.2) is 5.78 Å². The normalized spacial score (nSPS) is 16.6. The van der Waals surface area contributed by atoms with Crippen LogP contribution < -0.4 is 0 Å². The third kappa shape index (κ3) is 7.98. The van der Waals surface area contributed by atoms with Gasteiger partial charge in [0.1, 0.15) is 11.6 Å². The minimum Gasteiger partial charge on any atom is -0.300 e. The van der Waals surface area contributed by atoms with Crippen LogP contribution >= 0.6 is 0 Å². The molecule has 0 amide bonds. The maximum absolute atomic E-state index is 13.0. The second kappa shape index (κ2) is 15.1. The van der Waals surface area contributed by atoms with Crippen LogP contribution in [0.1, 0.15) is 120 Å². The van der Waals surface area contributed by atoms with Crippen molar-refractivity contribution >= 4 is 17.3 Å². The Balaban J connectivity index is 0.00000227. The van der Waals surface area contributed by atoms with Crippen molar-refractivity contribution in [3.05, 3.63) is 33.9 Å². The van der Waals surface area contributed by atoms with Crippen LogP contribution in [0.15, 0.2) is 6.07 Å². The Bertz CT molecular complexity index is 760. The molecule has 3 atom stereocenters. The van der Waals surface area contributed by atoms with Crippen LogP contribution in [0.5, 0.6) is 0 Å². The molecule has 32 heavy (non-hydrogen) atoms. The zero-order valence-corrected chi connectivity index (χ0v) is 22.5. The second-order valence-corrected chi connectivity index (χ2v) is 8.83. The number of carbonyl (C=O) groups is 3. The number of ketones is 3. The first-order valence-corrected chi connectivity index (χ1v) is 12.8. The highest BCUT2D eigenvalue weighted by Gasteiger charge is 2.33. The SMILES string of the molecule is CC.CC.CCCC(CC1CC(=O)c2c(C)c(C)cc(C)c2C1)C(CC)C(=O)CC(C)=O. The molecule has 2 rings (SSSR count). The van der Waals surface area contributed by atoms with Crippen LogP contribution in [0.2, 0.25) is 0 Å². The maximum atomic E-state index is 13.0. The van der Waals surface area contributed by atoms with Crippen molar-refractivity contribution in [2.24, 2.45) is 17.8 Å². The van der Waals surface area contributed by atoms with E-state index in [0.29, 0.717) is 6.42 Å². The zero-order chi connectivity index (χ0) is 25.0. The highest BCUT2D eigenvalue weighted by molar-refractivity contribution is 6.01. The predicted molar refractivity (Wildman–Crippen MR) is 137 cm³/mol. The molecule has 0 N–H and O–H groups in total. The third-order valence-electron chi connectivity index (χ3n) is 6.56. The number of hydrogen-bond acceptors (Lipinski definition) is 3. The summed E-state index contributed by atoms with van der Waals surface area (Å²) in [4.78, 5) is 37.1. The van der Waals surface area contributed by atoms with Crippen molar-refractivity contribution in [3.8, 4) is 0 Å². The standard InChI is InChI=1S/C25H36O3.2C2H6/c1-7-9-20(21(8-2)23(27)11-17(5)26)12-19-13-22-16(4)10-15(3)18(6)25(22)24(28)14-19;2*1-2/h10,19-21H,7-9,11-14H2,1-6H3;2*1-2H3. The number of carbonyl (C=O) groups excluding carboxylic acids is 3. The summed E-state index contributed by atoms with van der Waals surface area (Å²) in [5.41, 5.74) is 5.68. The van der Waals surface area contributed by atoms with Gasteiger partial charge in [-0.05, 0) is 81.0 Å². The quantitative estimate of drug-likeness (QED) is 0.365. The van der Waals surface area contributed by atoms with Crippen molar-refractivity contribution in [2.45, 2.75) is 114 Å². The van der Waals surface area contributed by atoms with Crippen molar-refractivity contribution in [1.29, 1.82) is 0 Å². The molecule has 0 spiro atoms. The van der Waals surface area contributed by atoms with Crippen molar-refractivity contribution in [1.82, 2.24) is 0 Å². The van der Waals surface area contributed by atoms with Crippen LogP contribution in [0.25, 0.3) is 0 Å². The summed E-state index contributed by atoms with van der Waals surface area (Å²) >= 11 is 0. The van der Waals surface area contributed by atoms with Gasteiger partial charge in [0.2, 0.25) is 0 Å². The Labute approximate surface area is 197 Å². The Morgan fingerprint density at radius 3 is 2.09 bits per heavy atom. The molecule has 3 unspecified atom stereocenters. The monoisotopic (exact) mass is 444 g/mol. The third-order valence-corrected chi connectivity index (χ3v) is 6.56. The molecule has 182 valence electrons. The van der Waals surface area contributed by atoms with Gasteiger partial charge in [0, 0.05) is 17.9 Å². The van der Waals surface area contributed by atoms with Gasteiger partial charge in [0.05, 0.1) is 6.42 Å². The number of fused-ring (bicyclic) bond motifs is 1. The van der Waals surface area contributed by atoms with Crippen molar-refractivity contribution < 1.29 is 14.4 Å². The highest BCUT2D eigenvalue weighted by atomic mass is 16.1. The molecule has 1 aromatic carbocycles. The molecule has 0 bridgehead atoms. The summed E-state index contributed by atoms with van der Waals surface area (Å²) in [6.07, 6.45) is 5.20. The maximum Gasteiger partial charge on any atom is 0.163 e. The first-order chi connectivity index (χ1) is 15.2. The second-order valence-electron chi connectivity index (χ2n) is 8.83. The molecule has 0 saturated heterocycles. The van der Waals surface area contributed by atoms with Crippen LogP contribution in [-0.2, 0) is 16.0 Å². The Morgan fingerprint density at radius 1 is 1.00 bits per heavy atom. The van der Waals surface area contributed by atoms with E-state index in [4.69, 9.17) is 0 Å². The van der Waals surface area contributed by atoms with Gasteiger partial charge in [-0.25, -0.2) is 0 Å². The molecule has 0 radical (unpaired) electrons. The van der Waals surface area contributed by atoms with Gasteiger partial charge < -0.3 is 0 Å². The lowest BCUT2D eigenvalue weighted by Crippen LogP contribution is -2.30. The van der Waals surface area contributed by atoms with Crippen LogP contribution in [-0.4, -0.2) is 17.3 Å². The summed E-state index contributed by atoms with van der Waals surface area (Å²) in [5.74, 6) is 0.764. The first-order valence-electron chi connectivity index (χ1n) is 12.8. The molecule has 1 aliphatic carbocycles. The summed E-state index contributed by atoms with van der Waals surface area (Å²) in [6.45, 7) is 19.9. The average molecular weight is 445 g/mol. The zero-order valence-electron chi connectivity index (χ0n) is 22.5. The summed E-state index contributed by atoms with van der Waals surface area (Å²) in [5, 5.41) is 0. The molecule has 0 saturated carbocycles. The van der Waals surface area contributed by atoms with E-state index in [0.717, 1.165) is 43.2 Å². The van der Waals surface area contributed by atoms with E-state index in [-0.39, 0.29) is 41.5 Å². The lowest BCUT2D eigenvalue weighted by atomic mass is 9.71. The average Bonchev–Trinajstić information content (AvgIpc) is 2.75. The fourth-order valence-corrected chi connectivity index (χ4v) is 5.16. The van der Waals surface area contributed by atoms with E-state index in [1.165, 1.54) is 23.6 Å². The Morgan fingerprint density at radius 2 is 1.59 bits per heavy atom. The van der Waals surface area contributed by atoms with Gasteiger partial charge >= 0.3 is 0 Å². The molecule has 0 aliphatic heterocycles. The van der Waals surface area contributed by atoms with Gasteiger partial charge in [-0.2, -0.15) is 0 Å². The topological polar surface area (TPSA) is 51.2 Å². The smallest absolute Gasteiger partial charge is 0.163 e. The van der Waals surface area contributed by atoms with Crippen LogP contribution in [0.3, 0.4) is 0 Å². The largest absolute Gasteiger partial charge is 0.300 e. The van der Waals surface area contributed by atoms with Gasteiger partial charge in [-0.15, -0.1) is 0 Å². The predicted octanol–water partition coefficient (Wildman–Crippen LogP) is 7.79. The molecule has 0 fully saturated rings. The van der Waals surface area contributed by atoms with Crippen LogP contribution in [0, 0.1) is 38.5 Å². The fraction of sp³-hybridized carbons (Fsp3) is 0.690. The van der Waals surface area contributed by atoms with E-state index in [1.54, 1.807) is 0 Å². The molecule has 1 aromatic rings. The number of rotatable bonds is 9. The minimum atomic E-state index is -0.0683. The molecule has 3 nitrogen and oxygen atoms in total. The molecular formula is C29H48O3. The molecule has 0 aromatic heterocycles. The van der Waals surface area contributed by atoms with E-state index in [1.807, 2.05) is 34.6 Å². The summed E-state index contributed by atoms with van der Waals surface area (Å²) < 4.78 is 0. The van der Waals surface area contributed by atoms with Gasteiger partial charge in [0.25, 0.3) is 0 Å². The van der Waals surface area contributed by atoms with E-state index in [2.05, 4.69) is 33.8 Å². The highest BCUT2D eigenvalue weighted by Crippen LogP contribution is 2.38. The first kappa shape index (κ1) is 30.2. The molecular weight excluding hydrogens is 396 g/mol. The molecule has 3 heteroatoms. The number of aryl methyl sites for hydroxylation is 2. The number of hydrogen-bond donors (Lipinski definition) is 0. The lowest BCUT2D eigenvalue weighted by molar-refractivity contribution is -0.129. The van der Waals surface area contributed by atoms with E-state index in [9.17, 15) is 14.4 Å². The van der Waals surface area contributed by atoms with E-state index < -0.39 is 0 Å². The van der Waals surface area contributed by atoms with Gasteiger partial charge in [-0.3, -0.25) is 14.4 Å². The molecule has 0 heterocycles. The van der Waals surface area contributed by atoms with Crippen LogP contribution in [0.4, 0.5) is 0 Å². The Kier molecular flexibility index (Phi) is 14.3. The van der Waals surface area contributed by atoms with E-state index >= 15 is 0 Å². The van der Waals surface area contributed by atoms with Crippen molar-refractivity contribution in [3.63, 3.8) is 0 Å². The minimum absolute atomic E-state index is 0.0444. The number of Topliss-reactive ketones (excluding diaryl/α,β-unsaturated/α-hetero) is 3. The number of benzene rings is 1. The lowest BCUT2D eigenvalue weighted by Gasteiger charge is -2.32. The fourth-order valence-electron chi connectivity index (χ4n) is 5.16. The summed E-state index contributed by atoms with van der Waals surface area (Å²) in [7, 11) is 0.